The summed E-state index contributed by atoms with van der Waals surface area (Å²) in [5, 5.41) is 10.9. The van der Waals surface area contributed by atoms with Crippen molar-refractivity contribution in [1.82, 2.24) is 10.2 Å². The van der Waals surface area contributed by atoms with Gasteiger partial charge in [0.15, 0.2) is 0 Å². The number of benzene rings is 2. The lowest BCUT2D eigenvalue weighted by Gasteiger charge is -2.05. The second kappa shape index (κ2) is 8.76. The van der Waals surface area contributed by atoms with Crippen molar-refractivity contribution in [2.24, 2.45) is 0 Å². The molecule has 0 atom stereocenters. The van der Waals surface area contributed by atoms with Crippen LogP contribution in [0.5, 0.6) is 0 Å². The average molecular weight is 483 g/mol. The highest BCUT2D eigenvalue weighted by molar-refractivity contribution is 9.10. The molecule has 0 radical (unpaired) electrons. The van der Waals surface area contributed by atoms with Gasteiger partial charge < -0.3 is 9.73 Å². The molecule has 2 N–H and O–H groups in total. The first-order valence-electron chi connectivity index (χ1n) is 7.89. The summed E-state index contributed by atoms with van der Waals surface area (Å²) in [7, 11) is -3.34. The molecule has 1 amide bonds. The lowest BCUT2D eigenvalue weighted by molar-refractivity contribution is -0.113. The fourth-order valence-electron chi connectivity index (χ4n) is 2.16. The highest BCUT2D eigenvalue weighted by atomic mass is 79.9. The van der Waals surface area contributed by atoms with E-state index in [-0.39, 0.29) is 22.8 Å². The Labute approximate surface area is 174 Å². The Morgan fingerprint density at radius 3 is 2.54 bits per heavy atom. The number of carbonyl (C=O) groups is 1. The Balaban J connectivity index is 1.58. The van der Waals surface area contributed by atoms with E-state index in [2.05, 4.69) is 36.2 Å². The second-order valence-electron chi connectivity index (χ2n) is 5.64. The molecule has 3 aromatic rings. The largest absolute Gasteiger partial charge is 0.411 e. The average Bonchev–Trinajstić information content (AvgIpc) is 3.10. The number of anilines is 2. The molecule has 2 aromatic carbocycles. The molecule has 1 heterocycles. The first-order chi connectivity index (χ1) is 13.3. The van der Waals surface area contributed by atoms with Gasteiger partial charge in [0, 0.05) is 15.7 Å². The summed E-state index contributed by atoms with van der Waals surface area (Å²) in [5.41, 5.74) is 1.75. The number of sulfonamides is 1. The second-order valence-corrected chi connectivity index (χ2v) is 9.17. The van der Waals surface area contributed by atoms with Crippen LogP contribution in [0.2, 0.25) is 0 Å². The molecule has 0 aliphatic rings. The highest BCUT2D eigenvalue weighted by Gasteiger charge is 2.12. The molecule has 0 aliphatic carbocycles. The predicted octanol–water partition coefficient (Wildman–Crippen LogP) is 3.60. The summed E-state index contributed by atoms with van der Waals surface area (Å²) >= 11 is 4.49. The monoisotopic (exact) mass is 482 g/mol. The lowest BCUT2D eigenvalue weighted by atomic mass is 10.2. The summed E-state index contributed by atoms with van der Waals surface area (Å²) in [6.07, 6.45) is 1.08. The topological polar surface area (TPSA) is 114 Å². The quantitative estimate of drug-likeness (QED) is 0.494. The molecule has 0 unspecified atom stereocenters. The van der Waals surface area contributed by atoms with Gasteiger partial charge in [-0.15, -0.1) is 10.2 Å². The number of hydrogen-bond donors (Lipinski definition) is 2. The van der Waals surface area contributed by atoms with Gasteiger partial charge >= 0.3 is 0 Å². The van der Waals surface area contributed by atoms with Crippen LogP contribution in [-0.2, 0) is 14.8 Å². The van der Waals surface area contributed by atoms with E-state index >= 15 is 0 Å². The van der Waals surface area contributed by atoms with Crippen molar-refractivity contribution >= 4 is 55.0 Å². The Kier molecular flexibility index (Phi) is 6.37. The predicted molar refractivity (Wildman–Crippen MR) is 112 cm³/mol. The number of rotatable bonds is 7. The molecule has 8 nitrogen and oxygen atoms in total. The Morgan fingerprint density at radius 2 is 1.86 bits per heavy atom. The fourth-order valence-corrected chi connectivity index (χ4v) is 3.67. The van der Waals surface area contributed by atoms with Crippen LogP contribution in [0.15, 0.2) is 62.6 Å². The summed E-state index contributed by atoms with van der Waals surface area (Å²) < 4.78 is 31.2. The smallest absolute Gasteiger partial charge is 0.277 e. The molecular weight excluding hydrogens is 468 g/mol. The van der Waals surface area contributed by atoms with E-state index in [0.29, 0.717) is 16.9 Å². The molecule has 3 rings (SSSR count). The van der Waals surface area contributed by atoms with Crippen molar-refractivity contribution in [3.8, 4) is 11.5 Å². The summed E-state index contributed by atoms with van der Waals surface area (Å²) in [4.78, 5) is 12.1. The third kappa shape index (κ3) is 5.81. The summed E-state index contributed by atoms with van der Waals surface area (Å²) in [5.74, 6) is 0.188. The third-order valence-electron chi connectivity index (χ3n) is 3.32. The van der Waals surface area contributed by atoms with Crippen molar-refractivity contribution in [3.05, 3.63) is 53.0 Å². The van der Waals surface area contributed by atoms with E-state index in [0.717, 1.165) is 22.5 Å². The molecule has 0 aliphatic heterocycles. The van der Waals surface area contributed by atoms with Crippen molar-refractivity contribution in [1.29, 1.82) is 0 Å². The van der Waals surface area contributed by atoms with Gasteiger partial charge in [0.1, 0.15) is 0 Å². The van der Waals surface area contributed by atoms with Gasteiger partial charge in [-0.3, -0.25) is 9.52 Å². The minimum Gasteiger partial charge on any atom is -0.411 e. The Hall–Kier alpha value is -2.37. The number of nitrogens with zero attached hydrogens (tertiary/aromatic N) is 2. The number of hydrogen-bond acceptors (Lipinski definition) is 7. The van der Waals surface area contributed by atoms with Crippen molar-refractivity contribution in [3.63, 3.8) is 0 Å². The van der Waals surface area contributed by atoms with Gasteiger partial charge in [0.25, 0.3) is 5.22 Å². The third-order valence-corrected chi connectivity index (χ3v) is 5.43. The minimum atomic E-state index is -3.34. The number of thioether (sulfide) groups is 1. The van der Waals surface area contributed by atoms with E-state index in [1.807, 2.05) is 18.2 Å². The van der Waals surface area contributed by atoms with E-state index in [9.17, 15) is 13.2 Å². The maximum atomic E-state index is 12.1. The SMILES string of the molecule is CS(=O)(=O)Nc1ccc(-c2nnc(SCC(=O)Nc3ccccc3Br)o2)cc1. The molecular formula is C17H15BrN4O4S2. The standard InChI is InChI=1S/C17H15BrN4O4S2/c1-28(24,25)22-12-8-6-11(7-9-12)16-20-21-17(26-16)27-10-15(23)19-14-5-3-2-4-13(14)18/h2-9,22H,10H2,1H3,(H,19,23). The number of para-hydroxylation sites is 1. The van der Waals surface area contributed by atoms with Gasteiger partial charge in [0.05, 0.1) is 17.7 Å². The van der Waals surface area contributed by atoms with Gasteiger partial charge in [-0.1, -0.05) is 23.9 Å². The van der Waals surface area contributed by atoms with Crippen molar-refractivity contribution in [2.75, 3.05) is 22.0 Å². The molecule has 28 heavy (non-hydrogen) atoms. The molecule has 11 heteroatoms. The van der Waals surface area contributed by atoms with Gasteiger partial charge in [-0.25, -0.2) is 8.42 Å². The molecule has 0 saturated carbocycles. The van der Waals surface area contributed by atoms with Gasteiger partial charge in [0.2, 0.25) is 21.8 Å². The van der Waals surface area contributed by atoms with Crippen LogP contribution in [-0.4, -0.2) is 36.5 Å². The van der Waals surface area contributed by atoms with Crippen LogP contribution < -0.4 is 10.0 Å². The van der Waals surface area contributed by atoms with Crippen LogP contribution in [0.1, 0.15) is 0 Å². The molecule has 0 spiro atoms. The van der Waals surface area contributed by atoms with Crippen LogP contribution >= 0.6 is 27.7 Å². The number of carbonyl (C=O) groups excluding carboxylic acids is 1. The summed E-state index contributed by atoms with van der Waals surface area (Å²) in [6.45, 7) is 0. The van der Waals surface area contributed by atoms with Gasteiger partial charge in [-0.05, 0) is 52.3 Å². The van der Waals surface area contributed by atoms with Crippen LogP contribution in [0.3, 0.4) is 0 Å². The van der Waals surface area contributed by atoms with Crippen molar-refractivity contribution in [2.45, 2.75) is 5.22 Å². The molecule has 0 fully saturated rings. The number of halogens is 1. The van der Waals surface area contributed by atoms with E-state index in [1.54, 1.807) is 30.3 Å². The van der Waals surface area contributed by atoms with Crippen LogP contribution in [0, 0.1) is 0 Å². The van der Waals surface area contributed by atoms with Crippen LogP contribution in [0.25, 0.3) is 11.5 Å². The maximum absolute atomic E-state index is 12.1. The highest BCUT2D eigenvalue weighted by Crippen LogP contribution is 2.25. The Bertz CT molecular complexity index is 1080. The lowest BCUT2D eigenvalue weighted by Crippen LogP contribution is -2.14. The molecule has 0 bridgehead atoms. The first-order valence-corrected chi connectivity index (χ1v) is 11.6. The van der Waals surface area contributed by atoms with E-state index < -0.39 is 10.0 Å². The first kappa shape index (κ1) is 20.4. The fraction of sp³-hybridized carbons (Fsp3) is 0.118. The maximum Gasteiger partial charge on any atom is 0.277 e. The minimum absolute atomic E-state index is 0.111. The zero-order chi connectivity index (χ0) is 20.1. The number of amides is 1. The zero-order valence-corrected chi connectivity index (χ0v) is 17.8. The van der Waals surface area contributed by atoms with Crippen molar-refractivity contribution < 1.29 is 17.6 Å². The normalized spacial score (nSPS) is 11.2. The molecule has 1 aromatic heterocycles. The van der Waals surface area contributed by atoms with Crippen LogP contribution in [0.4, 0.5) is 11.4 Å². The number of nitrogens with one attached hydrogen (secondary N) is 2. The number of aromatic nitrogens is 2. The van der Waals surface area contributed by atoms with E-state index in [1.165, 1.54) is 0 Å². The van der Waals surface area contributed by atoms with Gasteiger partial charge in [-0.2, -0.15) is 0 Å². The Morgan fingerprint density at radius 1 is 1.14 bits per heavy atom. The molecule has 146 valence electrons. The summed E-state index contributed by atoms with van der Waals surface area (Å²) in [6, 6.07) is 13.8. The molecule has 0 saturated heterocycles. The zero-order valence-electron chi connectivity index (χ0n) is 14.5. The van der Waals surface area contributed by atoms with E-state index in [4.69, 9.17) is 4.42 Å².